The van der Waals surface area contributed by atoms with Crippen LogP contribution in [-0.2, 0) is 22.8 Å². The number of benzene rings is 1. The van der Waals surface area contributed by atoms with Gasteiger partial charge in [-0.3, -0.25) is 9.36 Å². The van der Waals surface area contributed by atoms with Gasteiger partial charge in [0.25, 0.3) is 5.56 Å². The van der Waals surface area contributed by atoms with Crippen LogP contribution in [0.2, 0.25) is 0 Å². The van der Waals surface area contributed by atoms with Gasteiger partial charge in [-0.25, -0.2) is 18.5 Å². The number of aromatic nitrogens is 2. The third-order valence-corrected chi connectivity index (χ3v) is 4.04. The van der Waals surface area contributed by atoms with Crippen LogP contribution in [0.1, 0.15) is 22.4 Å². The molecule has 0 saturated heterocycles. The largest absolute Gasteiger partial charge is 0.466 e. The summed E-state index contributed by atoms with van der Waals surface area (Å²) in [6.45, 7) is 0.862. The van der Waals surface area contributed by atoms with Crippen molar-refractivity contribution in [2.75, 3.05) is 7.11 Å². The zero-order valence-electron chi connectivity index (χ0n) is 15.3. The van der Waals surface area contributed by atoms with Crippen molar-refractivity contribution in [1.29, 1.82) is 5.26 Å². The molecule has 0 aliphatic rings. The zero-order chi connectivity index (χ0) is 22.1. The lowest BCUT2D eigenvalue weighted by Gasteiger charge is -2.17. The molecule has 0 N–H and O–H groups in total. The van der Waals surface area contributed by atoms with Gasteiger partial charge in [-0.1, -0.05) is 0 Å². The van der Waals surface area contributed by atoms with Gasteiger partial charge in [0, 0.05) is 18.7 Å². The highest BCUT2D eigenvalue weighted by Crippen LogP contribution is 2.29. The predicted octanol–water partition coefficient (Wildman–Crippen LogP) is 2.06. The average Bonchev–Trinajstić information content (AvgIpc) is 2.65. The molecule has 0 unspecified atom stereocenters. The standard InChI is InChI=1S/C18H13F4N3O4/c1-9-15(18(20,21)22)24(2)17(28)25(16(9)27)13-7-10(4-5-14(26)29-3)11(8-23)6-12(13)19/h4-7H,1-3H3/b5-4+. The van der Waals surface area contributed by atoms with Gasteiger partial charge in [0.15, 0.2) is 0 Å². The van der Waals surface area contributed by atoms with Gasteiger partial charge in [0.05, 0.1) is 24.4 Å². The maximum Gasteiger partial charge on any atom is 0.432 e. The molecule has 29 heavy (non-hydrogen) atoms. The van der Waals surface area contributed by atoms with Crippen LogP contribution >= 0.6 is 0 Å². The van der Waals surface area contributed by atoms with Crippen LogP contribution < -0.4 is 11.2 Å². The highest BCUT2D eigenvalue weighted by molar-refractivity contribution is 5.87. The smallest absolute Gasteiger partial charge is 0.432 e. The van der Waals surface area contributed by atoms with E-state index < -0.39 is 46.2 Å². The Morgan fingerprint density at radius 2 is 1.90 bits per heavy atom. The SMILES string of the molecule is COC(=O)/C=C/c1cc(-n2c(=O)c(C)c(C(F)(F)F)n(C)c2=O)c(F)cc1C#N. The van der Waals surface area contributed by atoms with Crippen LogP contribution in [0.15, 0.2) is 27.8 Å². The second-order valence-electron chi connectivity index (χ2n) is 5.81. The van der Waals surface area contributed by atoms with E-state index in [1.165, 1.54) is 0 Å². The molecule has 1 aromatic carbocycles. The minimum Gasteiger partial charge on any atom is -0.466 e. The van der Waals surface area contributed by atoms with Crippen LogP contribution in [0.25, 0.3) is 11.8 Å². The normalized spacial score (nSPS) is 11.5. The molecule has 0 amide bonds. The average molecular weight is 411 g/mol. The van der Waals surface area contributed by atoms with E-state index in [-0.39, 0.29) is 20.3 Å². The maximum atomic E-state index is 14.5. The van der Waals surface area contributed by atoms with Gasteiger partial charge >= 0.3 is 17.8 Å². The molecule has 7 nitrogen and oxygen atoms in total. The van der Waals surface area contributed by atoms with E-state index in [9.17, 15) is 31.9 Å². The van der Waals surface area contributed by atoms with Crippen LogP contribution in [-0.4, -0.2) is 22.2 Å². The number of methoxy groups -OCH3 is 1. The lowest BCUT2D eigenvalue weighted by Crippen LogP contribution is -2.43. The summed E-state index contributed by atoms with van der Waals surface area (Å²) < 4.78 is 58.9. The number of hydrogen-bond acceptors (Lipinski definition) is 5. The van der Waals surface area contributed by atoms with E-state index in [2.05, 4.69) is 4.74 Å². The maximum absolute atomic E-state index is 14.5. The van der Waals surface area contributed by atoms with Crippen LogP contribution in [0.3, 0.4) is 0 Å². The number of rotatable bonds is 3. The van der Waals surface area contributed by atoms with Crippen LogP contribution in [0, 0.1) is 24.1 Å². The van der Waals surface area contributed by atoms with Crippen molar-refractivity contribution < 1.29 is 27.1 Å². The zero-order valence-corrected chi connectivity index (χ0v) is 15.3. The molecule has 11 heteroatoms. The third-order valence-electron chi connectivity index (χ3n) is 4.04. The van der Waals surface area contributed by atoms with E-state index in [0.29, 0.717) is 6.07 Å². The van der Waals surface area contributed by atoms with Crippen LogP contribution in [0.4, 0.5) is 17.6 Å². The third kappa shape index (κ3) is 3.96. The molecule has 0 spiro atoms. The fourth-order valence-electron chi connectivity index (χ4n) is 2.68. The molecule has 2 rings (SSSR count). The molecule has 0 radical (unpaired) electrons. The molecular formula is C18H13F4N3O4. The second-order valence-corrected chi connectivity index (χ2v) is 5.81. The first kappa shape index (κ1) is 21.6. The second kappa shape index (κ2) is 7.75. The Labute approximate surface area is 160 Å². The number of hydrogen-bond donors (Lipinski definition) is 0. The van der Waals surface area contributed by atoms with Crippen molar-refractivity contribution in [3.8, 4) is 11.8 Å². The molecule has 0 aliphatic carbocycles. The number of nitrogens with zero attached hydrogens (tertiary/aromatic N) is 3. The van der Waals surface area contributed by atoms with Gasteiger partial charge in [-0.2, -0.15) is 18.4 Å². The molecule has 0 aliphatic heterocycles. The highest BCUT2D eigenvalue weighted by Gasteiger charge is 2.38. The lowest BCUT2D eigenvalue weighted by molar-refractivity contribution is -0.144. The first-order valence-corrected chi connectivity index (χ1v) is 7.83. The summed E-state index contributed by atoms with van der Waals surface area (Å²) in [7, 11) is 1.90. The quantitative estimate of drug-likeness (QED) is 0.438. The lowest BCUT2D eigenvalue weighted by atomic mass is 10.1. The number of carbonyl (C=O) groups excluding carboxylic acids is 1. The Kier molecular flexibility index (Phi) is 5.77. The number of carbonyl (C=O) groups is 1. The van der Waals surface area contributed by atoms with Crippen molar-refractivity contribution in [3.05, 3.63) is 67.2 Å². The first-order chi connectivity index (χ1) is 13.4. The van der Waals surface area contributed by atoms with Gasteiger partial charge in [-0.15, -0.1) is 0 Å². The van der Waals surface area contributed by atoms with Gasteiger partial charge in [0.1, 0.15) is 11.5 Å². The molecule has 0 fully saturated rings. The van der Waals surface area contributed by atoms with Gasteiger partial charge < -0.3 is 4.74 Å². The van der Waals surface area contributed by atoms with Crippen molar-refractivity contribution in [1.82, 2.24) is 9.13 Å². The number of alkyl halides is 3. The Hall–Kier alpha value is -3.68. The molecule has 1 aromatic heterocycles. The first-order valence-electron chi connectivity index (χ1n) is 7.83. The summed E-state index contributed by atoms with van der Waals surface area (Å²) >= 11 is 0. The molecule has 0 saturated carbocycles. The molecule has 0 bridgehead atoms. The number of ether oxygens (including phenoxy) is 1. The van der Waals surface area contributed by atoms with Crippen molar-refractivity contribution in [2.24, 2.45) is 7.05 Å². The molecule has 2 aromatic rings. The van der Waals surface area contributed by atoms with E-state index in [0.717, 1.165) is 39.3 Å². The molecule has 1 heterocycles. The van der Waals surface area contributed by atoms with Crippen molar-refractivity contribution in [2.45, 2.75) is 13.1 Å². The summed E-state index contributed by atoms with van der Waals surface area (Å²) in [4.78, 5) is 36.2. The topological polar surface area (TPSA) is 94.1 Å². The summed E-state index contributed by atoms with van der Waals surface area (Å²) in [6.07, 6.45) is -2.98. The Balaban J connectivity index is 2.88. The fourth-order valence-corrected chi connectivity index (χ4v) is 2.68. The minimum absolute atomic E-state index is 0.0548. The number of halogens is 4. The summed E-state index contributed by atoms with van der Waals surface area (Å²) in [5.74, 6) is -1.98. The van der Waals surface area contributed by atoms with E-state index in [4.69, 9.17) is 5.26 Å². The summed E-state index contributed by atoms with van der Waals surface area (Å²) in [6, 6.07) is 3.28. The van der Waals surface area contributed by atoms with Gasteiger partial charge in [-0.05, 0) is 30.7 Å². The van der Waals surface area contributed by atoms with E-state index in [1.807, 2.05) is 0 Å². The summed E-state index contributed by atoms with van der Waals surface area (Å²) in [5, 5.41) is 9.12. The molecule has 0 atom stereocenters. The highest BCUT2D eigenvalue weighted by atomic mass is 19.4. The van der Waals surface area contributed by atoms with E-state index in [1.54, 1.807) is 6.07 Å². The van der Waals surface area contributed by atoms with Crippen molar-refractivity contribution >= 4 is 12.0 Å². The van der Waals surface area contributed by atoms with Crippen molar-refractivity contribution in [3.63, 3.8) is 0 Å². The Morgan fingerprint density at radius 1 is 1.28 bits per heavy atom. The minimum atomic E-state index is -4.98. The molecule has 152 valence electrons. The summed E-state index contributed by atoms with van der Waals surface area (Å²) in [5.41, 5.74) is -6.03. The van der Waals surface area contributed by atoms with Crippen LogP contribution in [0.5, 0.6) is 0 Å². The van der Waals surface area contributed by atoms with E-state index >= 15 is 0 Å². The molecular weight excluding hydrogens is 398 g/mol. The predicted molar refractivity (Wildman–Crippen MR) is 92.7 cm³/mol. The van der Waals surface area contributed by atoms with Gasteiger partial charge in [0.2, 0.25) is 0 Å². The number of nitriles is 1. The number of esters is 1. The Bertz CT molecular complexity index is 1150. The Morgan fingerprint density at radius 3 is 2.41 bits per heavy atom. The monoisotopic (exact) mass is 411 g/mol. The fraction of sp³-hybridized carbons (Fsp3) is 0.222.